The summed E-state index contributed by atoms with van der Waals surface area (Å²) in [6.45, 7) is 2.10. The van der Waals surface area contributed by atoms with Crippen LogP contribution < -0.4 is 4.74 Å². The third-order valence-electron chi connectivity index (χ3n) is 7.43. The summed E-state index contributed by atoms with van der Waals surface area (Å²) in [5.74, 6) is 1.53. The van der Waals surface area contributed by atoms with Crippen molar-refractivity contribution in [3.63, 3.8) is 0 Å². The lowest BCUT2D eigenvalue weighted by Crippen LogP contribution is -2.68. The van der Waals surface area contributed by atoms with Crippen LogP contribution in [-0.2, 0) is 4.74 Å². The number of hydrogen-bond donors (Lipinski definition) is 0. The lowest BCUT2D eigenvalue weighted by atomic mass is 9.78. The van der Waals surface area contributed by atoms with Crippen LogP contribution in [0.15, 0.2) is 96.6 Å². The van der Waals surface area contributed by atoms with Gasteiger partial charge >= 0.3 is 6.03 Å². The average Bonchev–Trinajstić information content (AvgIpc) is 2.84. The van der Waals surface area contributed by atoms with Crippen LogP contribution in [0.1, 0.15) is 17.5 Å². The highest BCUT2D eigenvalue weighted by atomic mass is 16.7. The highest BCUT2D eigenvalue weighted by Crippen LogP contribution is 2.45. The summed E-state index contributed by atoms with van der Waals surface area (Å²) in [6, 6.07) is 15.7. The van der Waals surface area contributed by atoms with Crippen LogP contribution in [-0.4, -0.2) is 39.8 Å². The van der Waals surface area contributed by atoms with Crippen molar-refractivity contribution in [1.29, 1.82) is 0 Å². The molecule has 4 heteroatoms. The van der Waals surface area contributed by atoms with Gasteiger partial charge in [0.25, 0.3) is 0 Å². The Bertz CT molecular complexity index is 1330. The molecule has 0 radical (unpaired) electrons. The van der Waals surface area contributed by atoms with Crippen molar-refractivity contribution in [2.24, 2.45) is 11.8 Å². The highest BCUT2D eigenvalue weighted by Gasteiger charge is 2.69. The largest absolute Gasteiger partial charge is 0.663 e. The van der Waals surface area contributed by atoms with E-state index in [1.165, 1.54) is 5.57 Å². The SMILES string of the molecule is Cc1cccc2c1O[C@]13OC4C(=CC=CC4CC4C=CC=CC4[N+]1=C2)C=[N+]3c1ccccc1. The van der Waals surface area contributed by atoms with Crippen LogP contribution in [0, 0.1) is 18.8 Å². The van der Waals surface area contributed by atoms with Gasteiger partial charge in [0, 0.05) is 29.5 Å². The van der Waals surface area contributed by atoms with E-state index in [4.69, 9.17) is 9.47 Å². The molecule has 4 unspecified atom stereocenters. The van der Waals surface area contributed by atoms with E-state index >= 15 is 0 Å². The van der Waals surface area contributed by atoms with Gasteiger partial charge in [0.15, 0.2) is 24.2 Å². The van der Waals surface area contributed by atoms with Crippen LogP contribution in [0.25, 0.3) is 0 Å². The van der Waals surface area contributed by atoms with Gasteiger partial charge in [0.1, 0.15) is 6.10 Å². The standard InChI is InChI=1S/C29H26N2O2/c1-20-9-7-12-23-19-31-26-16-6-5-10-21(26)17-22-11-8-13-24-18-30(25-14-3-2-4-15-25)29(31,32-27(20)23)33-28(22)24/h2-16,18-19,21-22,26,28H,17H2,1H3/q+2/t21?,22?,26?,28?,29-/m1/s1. The minimum atomic E-state index is -1.12. The lowest BCUT2D eigenvalue weighted by Gasteiger charge is -2.42. The molecule has 1 spiro atoms. The van der Waals surface area contributed by atoms with E-state index in [0.717, 1.165) is 29.0 Å². The predicted octanol–water partition coefficient (Wildman–Crippen LogP) is 4.87. The molecule has 0 saturated carbocycles. The third-order valence-corrected chi connectivity index (χ3v) is 7.43. The Hall–Kier alpha value is -3.50. The first-order chi connectivity index (χ1) is 16.2. The van der Waals surface area contributed by atoms with E-state index < -0.39 is 6.03 Å². The minimum Gasteiger partial charge on any atom is -0.351 e. The van der Waals surface area contributed by atoms with E-state index in [1.54, 1.807) is 0 Å². The second-order valence-electron chi connectivity index (χ2n) is 9.43. The molecular formula is C29H26N2O2+2. The quantitative estimate of drug-likeness (QED) is 0.598. The Balaban J connectivity index is 1.55. The first kappa shape index (κ1) is 19.0. The van der Waals surface area contributed by atoms with Gasteiger partial charge in [-0.1, -0.05) is 75.9 Å². The Morgan fingerprint density at radius 1 is 0.879 bits per heavy atom. The smallest absolute Gasteiger partial charge is 0.351 e. The van der Waals surface area contributed by atoms with Gasteiger partial charge in [0.2, 0.25) is 5.69 Å². The van der Waals surface area contributed by atoms with Crippen LogP contribution in [0.2, 0.25) is 0 Å². The van der Waals surface area contributed by atoms with Gasteiger partial charge in [-0.25, -0.2) is 4.74 Å². The molecule has 0 aromatic heterocycles. The topological polar surface area (TPSA) is 24.5 Å². The molecule has 7 rings (SSSR count). The number of allylic oxidation sites excluding steroid dienone is 4. The summed E-state index contributed by atoms with van der Waals surface area (Å²) in [4.78, 5) is 0. The molecule has 5 atom stereocenters. The van der Waals surface area contributed by atoms with Crippen molar-refractivity contribution >= 4 is 18.1 Å². The summed E-state index contributed by atoms with van der Waals surface area (Å²) >= 11 is 0. The molecule has 2 aromatic carbocycles. The molecule has 0 amide bonds. The number of fused-ring (bicyclic) bond motifs is 3. The summed E-state index contributed by atoms with van der Waals surface area (Å²) < 4.78 is 18.6. The molecule has 3 heterocycles. The molecule has 5 aliphatic rings. The fourth-order valence-corrected chi connectivity index (χ4v) is 5.84. The Labute approximate surface area is 193 Å². The zero-order valence-corrected chi connectivity index (χ0v) is 18.5. The maximum Gasteiger partial charge on any atom is 0.663 e. The van der Waals surface area contributed by atoms with Gasteiger partial charge in [-0.15, -0.1) is 0 Å². The van der Waals surface area contributed by atoms with E-state index in [-0.39, 0.29) is 12.1 Å². The van der Waals surface area contributed by atoms with Gasteiger partial charge in [-0.05, 0) is 31.1 Å². The van der Waals surface area contributed by atoms with E-state index in [1.807, 2.05) is 6.07 Å². The van der Waals surface area contributed by atoms with Gasteiger partial charge < -0.3 is 4.74 Å². The molecule has 1 saturated heterocycles. The number of para-hydroxylation sites is 2. The fraction of sp³-hybridized carbons (Fsp3) is 0.241. The fourth-order valence-electron chi connectivity index (χ4n) is 5.84. The Morgan fingerprint density at radius 3 is 2.64 bits per heavy atom. The lowest BCUT2D eigenvalue weighted by molar-refractivity contribution is -0.909. The number of nitrogens with zero attached hydrogens (tertiary/aromatic N) is 2. The number of rotatable bonds is 1. The molecule has 1 fully saturated rings. The number of aryl methyl sites for hydroxylation is 1. The van der Waals surface area contributed by atoms with Gasteiger partial charge in [-0.3, -0.25) is 0 Å². The van der Waals surface area contributed by atoms with Crippen LogP contribution in [0.5, 0.6) is 5.75 Å². The van der Waals surface area contributed by atoms with Crippen molar-refractivity contribution in [3.05, 3.63) is 108 Å². The first-order valence-electron chi connectivity index (χ1n) is 11.8. The Morgan fingerprint density at radius 2 is 1.73 bits per heavy atom. The van der Waals surface area contributed by atoms with Gasteiger partial charge in [0.05, 0.1) is 5.56 Å². The van der Waals surface area contributed by atoms with E-state index in [9.17, 15) is 0 Å². The third kappa shape index (κ3) is 2.74. The average molecular weight is 435 g/mol. The molecule has 162 valence electrons. The molecule has 33 heavy (non-hydrogen) atoms. The molecule has 2 bridgehead atoms. The molecule has 4 nitrogen and oxygen atoms in total. The van der Waals surface area contributed by atoms with Gasteiger partial charge in [-0.2, -0.15) is 0 Å². The number of ether oxygens (including phenoxy) is 2. The summed E-state index contributed by atoms with van der Waals surface area (Å²) in [5.41, 5.74) is 4.41. The maximum absolute atomic E-state index is 7.10. The van der Waals surface area contributed by atoms with Crippen molar-refractivity contribution in [1.82, 2.24) is 0 Å². The molecule has 3 aliphatic heterocycles. The second kappa shape index (κ2) is 7.00. The van der Waals surface area contributed by atoms with Crippen LogP contribution in [0.3, 0.4) is 0 Å². The number of hydrogen-bond acceptors (Lipinski definition) is 2. The molecule has 0 N–H and O–H groups in total. The Kier molecular flexibility index (Phi) is 4.03. The van der Waals surface area contributed by atoms with Crippen molar-refractivity contribution in [2.45, 2.75) is 31.5 Å². The molecular weight excluding hydrogens is 408 g/mol. The van der Waals surface area contributed by atoms with Crippen LogP contribution in [0.4, 0.5) is 5.69 Å². The van der Waals surface area contributed by atoms with E-state index in [0.29, 0.717) is 11.8 Å². The number of benzene rings is 2. The highest BCUT2D eigenvalue weighted by molar-refractivity contribution is 5.82. The predicted molar refractivity (Wildman–Crippen MR) is 128 cm³/mol. The summed E-state index contributed by atoms with van der Waals surface area (Å²) in [5, 5.41) is 0. The normalized spacial score (nSPS) is 32.7. The second-order valence-corrected chi connectivity index (χ2v) is 9.43. The summed E-state index contributed by atoms with van der Waals surface area (Å²) in [7, 11) is 0. The van der Waals surface area contributed by atoms with Crippen molar-refractivity contribution in [3.8, 4) is 5.75 Å². The molecule has 2 aliphatic carbocycles. The monoisotopic (exact) mass is 434 g/mol. The molecule has 2 aromatic rings. The minimum absolute atomic E-state index is 0.0586. The summed E-state index contributed by atoms with van der Waals surface area (Å²) in [6.07, 6.45) is 21.1. The van der Waals surface area contributed by atoms with Crippen molar-refractivity contribution in [2.75, 3.05) is 0 Å². The van der Waals surface area contributed by atoms with Crippen LogP contribution >= 0.6 is 0 Å². The maximum atomic E-state index is 7.10. The van der Waals surface area contributed by atoms with Crippen molar-refractivity contribution < 1.29 is 18.6 Å². The van der Waals surface area contributed by atoms with E-state index in [2.05, 4.69) is 114 Å². The zero-order valence-electron chi connectivity index (χ0n) is 18.5. The first-order valence-corrected chi connectivity index (χ1v) is 11.8. The zero-order chi connectivity index (χ0) is 22.0.